The molecular weight excluding hydrogens is 312 g/mol. The highest BCUT2D eigenvalue weighted by molar-refractivity contribution is 6.03. The van der Waals surface area contributed by atoms with Gasteiger partial charge in [-0.2, -0.15) is 0 Å². The molecule has 0 aliphatic rings. The molecule has 0 radical (unpaired) electrons. The number of nitrogens with zero attached hydrogens (tertiary/aromatic N) is 1. The van der Waals surface area contributed by atoms with Crippen LogP contribution >= 0.6 is 0 Å². The fraction of sp³-hybridized carbons (Fsp3) is 0.0500. The highest BCUT2D eigenvalue weighted by atomic mass is 16.1. The fourth-order valence-corrected chi connectivity index (χ4v) is 3.64. The van der Waals surface area contributed by atoms with E-state index in [-0.39, 0.29) is 5.56 Å². The summed E-state index contributed by atoms with van der Waals surface area (Å²) in [6.07, 6.45) is 3.96. The molecule has 0 atom stereocenters. The molecule has 0 aliphatic carbocycles. The summed E-state index contributed by atoms with van der Waals surface area (Å²) in [6, 6.07) is 16.2. The van der Waals surface area contributed by atoms with Crippen LogP contribution in [0.4, 0.5) is 0 Å². The van der Waals surface area contributed by atoms with Crippen molar-refractivity contribution in [1.82, 2.24) is 19.7 Å². The van der Waals surface area contributed by atoms with Crippen molar-refractivity contribution in [2.75, 3.05) is 0 Å². The van der Waals surface area contributed by atoms with E-state index in [9.17, 15) is 4.79 Å². The predicted octanol–water partition coefficient (Wildman–Crippen LogP) is 4.01. The van der Waals surface area contributed by atoms with Gasteiger partial charge in [0.15, 0.2) is 0 Å². The van der Waals surface area contributed by atoms with E-state index in [0.29, 0.717) is 5.56 Å². The first-order valence-corrected chi connectivity index (χ1v) is 8.15. The highest BCUT2D eigenvalue weighted by Crippen LogP contribution is 2.36. The summed E-state index contributed by atoms with van der Waals surface area (Å²) in [5, 5.41) is 7.99. The molecule has 5 heteroatoms. The highest BCUT2D eigenvalue weighted by Gasteiger charge is 2.20. The Morgan fingerprint density at radius 1 is 0.880 bits per heavy atom. The van der Waals surface area contributed by atoms with Gasteiger partial charge in [0, 0.05) is 52.4 Å². The van der Waals surface area contributed by atoms with Crippen molar-refractivity contribution in [3.63, 3.8) is 0 Å². The molecule has 0 bridgehead atoms. The largest absolute Gasteiger partial charge is 0.361 e. The Kier molecular flexibility index (Phi) is 2.79. The van der Waals surface area contributed by atoms with Crippen LogP contribution in [0.15, 0.2) is 65.7 Å². The molecular formula is C20H16N4O. The molecule has 0 saturated carbocycles. The van der Waals surface area contributed by atoms with Crippen LogP contribution in [0.5, 0.6) is 0 Å². The molecule has 25 heavy (non-hydrogen) atoms. The van der Waals surface area contributed by atoms with Crippen molar-refractivity contribution in [2.24, 2.45) is 7.05 Å². The number of hydrogen-bond acceptors (Lipinski definition) is 1. The zero-order valence-corrected chi connectivity index (χ0v) is 13.6. The Hall–Kier alpha value is -3.47. The summed E-state index contributed by atoms with van der Waals surface area (Å²) in [5.41, 5.74) is 5.41. The second kappa shape index (κ2) is 5.01. The number of hydrogen-bond donors (Lipinski definition) is 3. The van der Waals surface area contributed by atoms with Crippen LogP contribution in [0.2, 0.25) is 0 Å². The first kappa shape index (κ1) is 13.9. The number of aromatic nitrogens is 4. The summed E-state index contributed by atoms with van der Waals surface area (Å²) < 4.78 is 2.08. The molecule has 3 N–H and O–H groups in total. The third kappa shape index (κ3) is 1.92. The zero-order valence-electron chi connectivity index (χ0n) is 13.6. The SMILES string of the molecule is Cn1cc(-c2[nH][nH]c(=O)c2-c2c[nH]c3ccccc23)c2ccccc21. The minimum absolute atomic E-state index is 0.118. The predicted molar refractivity (Wildman–Crippen MR) is 101 cm³/mol. The van der Waals surface area contributed by atoms with Crippen molar-refractivity contribution in [1.29, 1.82) is 0 Å². The number of rotatable bonds is 2. The van der Waals surface area contributed by atoms with E-state index >= 15 is 0 Å². The van der Waals surface area contributed by atoms with E-state index in [1.54, 1.807) is 0 Å². The average molecular weight is 328 g/mol. The number of benzene rings is 2. The molecule has 3 aromatic heterocycles. The lowest BCUT2D eigenvalue weighted by atomic mass is 10.0. The van der Waals surface area contributed by atoms with E-state index < -0.39 is 0 Å². The number of H-pyrrole nitrogens is 3. The number of aryl methyl sites for hydroxylation is 1. The third-order valence-electron chi connectivity index (χ3n) is 4.80. The molecule has 0 spiro atoms. The van der Waals surface area contributed by atoms with Gasteiger partial charge < -0.3 is 9.55 Å². The van der Waals surface area contributed by atoms with Gasteiger partial charge in [-0.3, -0.25) is 15.0 Å². The van der Waals surface area contributed by atoms with Gasteiger partial charge >= 0.3 is 0 Å². The number of fused-ring (bicyclic) bond motifs is 2. The summed E-state index contributed by atoms with van der Waals surface area (Å²) >= 11 is 0. The molecule has 2 aromatic carbocycles. The quantitative estimate of drug-likeness (QED) is 0.450. The molecule has 122 valence electrons. The van der Waals surface area contributed by atoms with Crippen molar-refractivity contribution in [3.05, 3.63) is 71.3 Å². The molecule has 0 unspecified atom stereocenters. The summed E-state index contributed by atoms with van der Waals surface area (Å²) in [4.78, 5) is 15.8. The van der Waals surface area contributed by atoms with E-state index in [0.717, 1.165) is 38.6 Å². The molecule has 0 aliphatic heterocycles. The first-order chi connectivity index (χ1) is 12.2. The fourth-order valence-electron chi connectivity index (χ4n) is 3.64. The minimum atomic E-state index is -0.118. The van der Waals surface area contributed by atoms with Gasteiger partial charge in [-0.05, 0) is 12.1 Å². The minimum Gasteiger partial charge on any atom is -0.361 e. The van der Waals surface area contributed by atoms with Crippen LogP contribution in [0.1, 0.15) is 0 Å². The summed E-state index contributed by atoms with van der Waals surface area (Å²) in [6.45, 7) is 0. The van der Waals surface area contributed by atoms with E-state index in [4.69, 9.17) is 0 Å². The van der Waals surface area contributed by atoms with Gasteiger partial charge in [-0.1, -0.05) is 36.4 Å². The molecule has 0 amide bonds. The maximum atomic E-state index is 12.6. The summed E-state index contributed by atoms with van der Waals surface area (Å²) in [7, 11) is 2.02. The van der Waals surface area contributed by atoms with Gasteiger partial charge in [0.05, 0.1) is 11.3 Å². The molecule has 5 nitrogen and oxygen atoms in total. The van der Waals surface area contributed by atoms with Gasteiger partial charge in [-0.15, -0.1) is 0 Å². The normalized spacial score (nSPS) is 11.6. The second-order valence-corrected chi connectivity index (χ2v) is 6.25. The Balaban J connectivity index is 1.84. The monoisotopic (exact) mass is 328 g/mol. The average Bonchev–Trinajstić information content (AvgIpc) is 3.31. The maximum Gasteiger partial charge on any atom is 0.272 e. The third-order valence-corrected chi connectivity index (χ3v) is 4.80. The van der Waals surface area contributed by atoms with Crippen molar-refractivity contribution < 1.29 is 0 Å². The Labute approximate surface area is 142 Å². The molecule has 0 saturated heterocycles. The smallest absolute Gasteiger partial charge is 0.272 e. The second-order valence-electron chi connectivity index (χ2n) is 6.25. The molecule has 5 aromatic rings. The Morgan fingerprint density at radius 2 is 1.64 bits per heavy atom. The van der Waals surface area contributed by atoms with Gasteiger partial charge in [0.1, 0.15) is 0 Å². The number of aromatic amines is 3. The lowest BCUT2D eigenvalue weighted by Gasteiger charge is -2.01. The van der Waals surface area contributed by atoms with Crippen LogP contribution in [0, 0.1) is 0 Å². The van der Waals surface area contributed by atoms with Crippen LogP contribution in [0.25, 0.3) is 44.2 Å². The Morgan fingerprint density at radius 3 is 2.52 bits per heavy atom. The maximum absolute atomic E-state index is 12.6. The molecule has 3 heterocycles. The van der Waals surface area contributed by atoms with Crippen LogP contribution in [0.3, 0.4) is 0 Å². The number of nitrogens with one attached hydrogen (secondary N) is 3. The van der Waals surface area contributed by atoms with E-state index in [2.05, 4.69) is 38.1 Å². The molecule has 0 fully saturated rings. The van der Waals surface area contributed by atoms with Crippen molar-refractivity contribution >= 4 is 21.8 Å². The Bertz CT molecular complexity index is 1280. The standard InChI is InChI=1S/C20H16N4O/c1-24-11-15(13-7-3-5-9-17(13)24)19-18(20(25)23-22-19)14-10-21-16-8-4-2-6-12(14)16/h2-11,21H,1H3,(H2,22,23,25). The van der Waals surface area contributed by atoms with E-state index in [1.165, 1.54) is 0 Å². The van der Waals surface area contributed by atoms with Crippen molar-refractivity contribution in [3.8, 4) is 22.4 Å². The van der Waals surface area contributed by atoms with Gasteiger partial charge in [-0.25, -0.2) is 0 Å². The van der Waals surface area contributed by atoms with E-state index in [1.807, 2.05) is 49.6 Å². The van der Waals surface area contributed by atoms with Crippen LogP contribution in [-0.2, 0) is 7.05 Å². The lowest BCUT2D eigenvalue weighted by Crippen LogP contribution is -2.01. The van der Waals surface area contributed by atoms with Crippen LogP contribution in [-0.4, -0.2) is 19.7 Å². The lowest BCUT2D eigenvalue weighted by molar-refractivity contribution is 0.968. The molecule has 5 rings (SSSR count). The van der Waals surface area contributed by atoms with Crippen molar-refractivity contribution in [2.45, 2.75) is 0 Å². The number of para-hydroxylation sites is 2. The van der Waals surface area contributed by atoms with Gasteiger partial charge in [0.25, 0.3) is 5.56 Å². The first-order valence-electron chi connectivity index (χ1n) is 8.15. The van der Waals surface area contributed by atoms with Crippen LogP contribution < -0.4 is 5.56 Å². The van der Waals surface area contributed by atoms with Gasteiger partial charge in [0.2, 0.25) is 0 Å². The zero-order chi connectivity index (χ0) is 17.0. The topological polar surface area (TPSA) is 69.4 Å². The summed E-state index contributed by atoms with van der Waals surface area (Å²) in [5.74, 6) is 0.